The maximum Gasteiger partial charge on any atom is 0.269 e. The van der Waals surface area contributed by atoms with Gasteiger partial charge >= 0.3 is 0 Å². The highest BCUT2D eigenvalue weighted by Gasteiger charge is 1.98. The van der Waals surface area contributed by atoms with E-state index in [0.717, 1.165) is 5.56 Å². The number of hydrogen-bond donors (Lipinski definition) is 0. The molecule has 0 bridgehead atoms. The molecule has 0 unspecified atom stereocenters. The molecule has 15 heavy (non-hydrogen) atoms. The van der Waals surface area contributed by atoms with Gasteiger partial charge in [0, 0.05) is 18.6 Å². The number of aromatic nitrogens is 3. The molecule has 2 rings (SSSR count). The molecular formula is C10H8BrN3O. The highest BCUT2D eigenvalue weighted by Crippen LogP contribution is 2.03. The molecule has 0 N–H and O–H groups in total. The highest BCUT2D eigenvalue weighted by atomic mass is 79.9. The van der Waals surface area contributed by atoms with E-state index in [1.807, 2.05) is 12.1 Å². The second-order valence-corrected chi connectivity index (χ2v) is 3.84. The first kappa shape index (κ1) is 10.0. The minimum atomic E-state index is -0.116. The van der Waals surface area contributed by atoms with Crippen LogP contribution in [-0.2, 0) is 6.54 Å². The third-order valence-electron chi connectivity index (χ3n) is 1.95. The summed E-state index contributed by atoms with van der Waals surface area (Å²) in [4.78, 5) is 19.2. The van der Waals surface area contributed by atoms with Crippen molar-refractivity contribution in [2.45, 2.75) is 6.54 Å². The standard InChI is InChI=1S/C10H8BrN3O/c11-9-7-14(10(15)5-13-9)6-8-1-3-12-4-2-8/h1-5,7H,6H2. The van der Waals surface area contributed by atoms with Gasteiger partial charge < -0.3 is 4.57 Å². The van der Waals surface area contributed by atoms with Crippen molar-refractivity contribution in [3.05, 3.63) is 57.4 Å². The fourth-order valence-corrected chi connectivity index (χ4v) is 1.57. The molecule has 0 aliphatic rings. The summed E-state index contributed by atoms with van der Waals surface area (Å²) in [5.41, 5.74) is 0.917. The molecule has 2 aromatic rings. The number of halogens is 1. The Hall–Kier alpha value is -1.49. The van der Waals surface area contributed by atoms with E-state index in [2.05, 4.69) is 25.9 Å². The van der Waals surface area contributed by atoms with Gasteiger partial charge in [-0.05, 0) is 33.6 Å². The van der Waals surface area contributed by atoms with Gasteiger partial charge in [0.05, 0.1) is 12.7 Å². The highest BCUT2D eigenvalue weighted by molar-refractivity contribution is 9.10. The van der Waals surface area contributed by atoms with Crippen LogP contribution >= 0.6 is 15.9 Å². The van der Waals surface area contributed by atoms with E-state index in [0.29, 0.717) is 11.1 Å². The Morgan fingerprint density at radius 2 is 2.07 bits per heavy atom. The van der Waals surface area contributed by atoms with Crippen LogP contribution in [0.2, 0.25) is 0 Å². The van der Waals surface area contributed by atoms with E-state index in [-0.39, 0.29) is 5.56 Å². The van der Waals surface area contributed by atoms with Crippen LogP contribution in [0.15, 0.2) is 46.3 Å². The van der Waals surface area contributed by atoms with E-state index in [9.17, 15) is 4.79 Å². The van der Waals surface area contributed by atoms with Crippen LogP contribution in [0, 0.1) is 0 Å². The lowest BCUT2D eigenvalue weighted by Gasteiger charge is -2.04. The van der Waals surface area contributed by atoms with Crippen molar-refractivity contribution in [3.63, 3.8) is 0 Å². The molecule has 0 fully saturated rings. The van der Waals surface area contributed by atoms with Gasteiger partial charge in [-0.1, -0.05) is 0 Å². The lowest BCUT2D eigenvalue weighted by atomic mass is 10.3. The quantitative estimate of drug-likeness (QED) is 0.826. The van der Waals surface area contributed by atoms with Crippen molar-refractivity contribution in [3.8, 4) is 0 Å². The first-order chi connectivity index (χ1) is 7.25. The summed E-state index contributed by atoms with van der Waals surface area (Å²) in [5.74, 6) is 0. The molecule has 0 saturated heterocycles. The molecule has 0 saturated carbocycles. The zero-order valence-electron chi connectivity index (χ0n) is 7.80. The predicted octanol–water partition coefficient (Wildman–Crippen LogP) is 1.45. The minimum absolute atomic E-state index is 0.116. The van der Waals surface area contributed by atoms with Crippen LogP contribution in [0.4, 0.5) is 0 Å². The lowest BCUT2D eigenvalue weighted by Crippen LogP contribution is -2.19. The normalized spacial score (nSPS) is 10.2. The molecule has 0 spiro atoms. The molecule has 76 valence electrons. The topological polar surface area (TPSA) is 47.8 Å². The van der Waals surface area contributed by atoms with E-state index in [1.165, 1.54) is 6.20 Å². The Kier molecular flexibility index (Phi) is 2.91. The number of rotatable bonds is 2. The number of hydrogen-bond acceptors (Lipinski definition) is 3. The van der Waals surface area contributed by atoms with Gasteiger partial charge in [-0.25, -0.2) is 4.98 Å². The third kappa shape index (κ3) is 2.50. The summed E-state index contributed by atoms with van der Waals surface area (Å²) in [6.07, 6.45) is 6.38. The van der Waals surface area contributed by atoms with Gasteiger partial charge in [0.2, 0.25) is 0 Å². The Balaban J connectivity index is 2.32. The van der Waals surface area contributed by atoms with Gasteiger partial charge in [-0.2, -0.15) is 0 Å². The molecule has 0 aromatic carbocycles. The van der Waals surface area contributed by atoms with E-state index < -0.39 is 0 Å². The first-order valence-corrected chi connectivity index (χ1v) is 5.16. The molecule has 0 radical (unpaired) electrons. The van der Waals surface area contributed by atoms with Crippen molar-refractivity contribution in [1.82, 2.24) is 14.5 Å². The summed E-state index contributed by atoms with van der Waals surface area (Å²) < 4.78 is 2.24. The maximum atomic E-state index is 11.4. The third-order valence-corrected chi connectivity index (χ3v) is 2.36. The van der Waals surface area contributed by atoms with Crippen molar-refractivity contribution in [1.29, 1.82) is 0 Å². The van der Waals surface area contributed by atoms with E-state index in [4.69, 9.17) is 0 Å². The summed E-state index contributed by atoms with van der Waals surface area (Å²) in [6, 6.07) is 3.75. The average molecular weight is 266 g/mol. The van der Waals surface area contributed by atoms with Gasteiger partial charge in [0.25, 0.3) is 5.56 Å². The largest absolute Gasteiger partial charge is 0.307 e. The lowest BCUT2D eigenvalue weighted by molar-refractivity contribution is 0.741. The zero-order valence-corrected chi connectivity index (χ0v) is 9.39. The van der Waals surface area contributed by atoms with Crippen LogP contribution in [0.5, 0.6) is 0 Å². The van der Waals surface area contributed by atoms with Crippen LogP contribution in [0.25, 0.3) is 0 Å². The van der Waals surface area contributed by atoms with Crippen molar-refractivity contribution in [2.24, 2.45) is 0 Å². The molecule has 0 aliphatic heterocycles. The molecule has 5 heteroatoms. The molecule has 0 atom stereocenters. The maximum absolute atomic E-state index is 11.4. The number of pyridine rings is 1. The summed E-state index contributed by atoms with van der Waals surface area (Å²) in [7, 11) is 0. The predicted molar refractivity (Wildman–Crippen MR) is 59.5 cm³/mol. The Labute approximate surface area is 94.8 Å². The summed E-state index contributed by atoms with van der Waals surface area (Å²) in [5, 5.41) is 0. The summed E-state index contributed by atoms with van der Waals surface area (Å²) >= 11 is 3.23. The van der Waals surface area contributed by atoms with E-state index >= 15 is 0 Å². The molecule has 2 aromatic heterocycles. The molecule has 2 heterocycles. The monoisotopic (exact) mass is 265 g/mol. The van der Waals surface area contributed by atoms with Crippen LogP contribution in [0.3, 0.4) is 0 Å². The van der Waals surface area contributed by atoms with E-state index in [1.54, 1.807) is 23.2 Å². The van der Waals surface area contributed by atoms with Crippen molar-refractivity contribution in [2.75, 3.05) is 0 Å². The zero-order chi connectivity index (χ0) is 10.7. The second kappa shape index (κ2) is 4.35. The fourth-order valence-electron chi connectivity index (χ4n) is 1.23. The summed E-state index contributed by atoms with van der Waals surface area (Å²) in [6.45, 7) is 0.530. The average Bonchev–Trinajstić information content (AvgIpc) is 2.25. The van der Waals surface area contributed by atoms with Gasteiger partial charge in [-0.3, -0.25) is 9.78 Å². The fraction of sp³-hybridized carbons (Fsp3) is 0.100. The Morgan fingerprint density at radius 3 is 2.80 bits per heavy atom. The van der Waals surface area contributed by atoms with Crippen molar-refractivity contribution >= 4 is 15.9 Å². The van der Waals surface area contributed by atoms with Gasteiger partial charge in [-0.15, -0.1) is 0 Å². The van der Waals surface area contributed by atoms with Gasteiger partial charge in [0.1, 0.15) is 4.60 Å². The van der Waals surface area contributed by atoms with Gasteiger partial charge in [0.15, 0.2) is 0 Å². The number of nitrogens with zero attached hydrogens (tertiary/aromatic N) is 3. The molecule has 0 amide bonds. The first-order valence-electron chi connectivity index (χ1n) is 4.36. The molecule has 4 nitrogen and oxygen atoms in total. The van der Waals surface area contributed by atoms with Crippen LogP contribution in [0.1, 0.15) is 5.56 Å². The molecular weight excluding hydrogens is 258 g/mol. The van der Waals surface area contributed by atoms with Crippen LogP contribution < -0.4 is 5.56 Å². The van der Waals surface area contributed by atoms with Crippen molar-refractivity contribution < 1.29 is 0 Å². The SMILES string of the molecule is O=c1cnc(Br)cn1Cc1ccncc1. The Bertz CT molecular complexity index is 510. The minimum Gasteiger partial charge on any atom is -0.307 e. The van der Waals surface area contributed by atoms with Crippen LogP contribution in [-0.4, -0.2) is 14.5 Å². The smallest absolute Gasteiger partial charge is 0.269 e. The second-order valence-electron chi connectivity index (χ2n) is 3.03. The molecule has 0 aliphatic carbocycles. The Morgan fingerprint density at radius 1 is 1.33 bits per heavy atom.